The maximum absolute atomic E-state index is 12.5. The number of rotatable bonds is 5. The fraction of sp³-hybridized carbons (Fsp3) is 0.190. The summed E-state index contributed by atoms with van der Waals surface area (Å²) in [6.07, 6.45) is 1.57. The number of esters is 1. The molecule has 0 saturated heterocycles. The molecule has 3 rings (SSSR count). The minimum absolute atomic E-state index is 0.104. The highest BCUT2D eigenvalue weighted by molar-refractivity contribution is 6.24. The Kier molecular flexibility index (Phi) is 5.07. The number of carbonyl (C=O) groups is 3. The normalized spacial score (nSPS) is 13.7. The highest BCUT2D eigenvalue weighted by Crippen LogP contribution is 2.42. The van der Waals surface area contributed by atoms with E-state index in [0.717, 1.165) is 0 Å². The Hall–Kier alpha value is -3.41. The number of benzene rings is 2. The lowest BCUT2D eigenvalue weighted by atomic mass is 9.88. The second kappa shape index (κ2) is 7.45. The summed E-state index contributed by atoms with van der Waals surface area (Å²) in [7, 11) is 2.81. The highest BCUT2D eigenvalue weighted by atomic mass is 16.5. The Morgan fingerprint density at radius 1 is 0.926 bits per heavy atom. The summed E-state index contributed by atoms with van der Waals surface area (Å²) in [5, 5.41) is 0. The van der Waals surface area contributed by atoms with Crippen molar-refractivity contribution < 1.29 is 28.6 Å². The van der Waals surface area contributed by atoms with Crippen LogP contribution in [0, 0.1) is 0 Å². The van der Waals surface area contributed by atoms with Crippen molar-refractivity contribution in [3.63, 3.8) is 0 Å². The molecule has 0 bridgehead atoms. The number of methoxy groups -OCH3 is 2. The quantitative estimate of drug-likeness (QED) is 0.756. The summed E-state index contributed by atoms with van der Waals surface area (Å²) in [5.74, 6) is -0.823. The van der Waals surface area contributed by atoms with Crippen molar-refractivity contribution in [1.82, 2.24) is 0 Å². The van der Waals surface area contributed by atoms with Gasteiger partial charge in [-0.3, -0.25) is 14.4 Å². The molecule has 1 unspecified atom stereocenters. The number of ketones is 2. The summed E-state index contributed by atoms with van der Waals surface area (Å²) >= 11 is 0. The smallest absolute Gasteiger partial charge is 0.303 e. The zero-order valence-electron chi connectivity index (χ0n) is 15.1. The van der Waals surface area contributed by atoms with Crippen LogP contribution < -0.4 is 9.47 Å². The molecule has 0 spiro atoms. The van der Waals surface area contributed by atoms with Crippen molar-refractivity contribution in [2.24, 2.45) is 0 Å². The van der Waals surface area contributed by atoms with E-state index in [-0.39, 0.29) is 34.2 Å². The van der Waals surface area contributed by atoms with E-state index in [2.05, 4.69) is 0 Å². The molecule has 0 radical (unpaired) electrons. The number of fused-ring (bicyclic) bond motifs is 1. The van der Waals surface area contributed by atoms with Gasteiger partial charge in [-0.25, -0.2) is 0 Å². The predicted molar refractivity (Wildman–Crippen MR) is 97.4 cm³/mol. The number of hydrogen-bond acceptors (Lipinski definition) is 6. The number of allylic oxidation sites excluding steroid dienone is 2. The molecule has 1 aliphatic carbocycles. The Bertz CT molecular complexity index is 943. The van der Waals surface area contributed by atoms with Crippen molar-refractivity contribution >= 4 is 17.5 Å². The van der Waals surface area contributed by atoms with E-state index in [9.17, 15) is 14.4 Å². The molecule has 1 aliphatic rings. The average molecular weight is 366 g/mol. The molecule has 0 N–H and O–H groups in total. The van der Waals surface area contributed by atoms with Crippen molar-refractivity contribution in [1.29, 1.82) is 0 Å². The van der Waals surface area contributed by atoms with Gasteiger partial charge in [-0.05, 0) is 23.8 Å². The Morgan fingerprint density at radius 3 is 2.11 bits per heavy atom. The Labute approximate surface area is 156 Å². The Balaban J connectivity index is 2.31. The van der Waals surface area contributed by atoms with Gasteiger partial charge in [-0.15, -0.1) is 0 Å². The second-order valence-corrected chi connectivity index (χ2v) is 5.91. The molecule has 6 heteroatoms. The first kappa shape index (κ1) is 18.4. The summed E-state index contributed by atoms with van der Waals surface area (Å²) < 4.78 is 16.4. The van der Waals surface area contributed by atoms with Crippen LogP contribution in [-0.4, -0.2) is 31.8 Å². The molecule has 0 fully saturated rings. The molecule has 0 aliphatic heterocycles. The van der Waals surface area contributed by atoms with Gasteiger partial charge in [0.15, 0.2) is 17.7 Å². The van der Waals surface area contributed by atoms with Crippen molar-refractivity contribution in [3.05, 3.63) is 70.8 Å². The Morgan fingerprint density at radius 2 is 1.56 bits per heavy atom. The topological polar surface area (TPSA) is 78.9 Å². The van der Waals surface area contributed by atoms with Crippen LogP contribution in [0.25, 0.3) is 0 Å². The van der Waals surface area contributed by atoms with Gasteiger partial charge < -0.3 is 14.2 Å². The van der Waals surface area contributed by atoms with E-state index < -0.39 is 12.1 Å². The molecule has 0 amide bonds. The molecule has 0 saturated carbocycles. The molecule has 0 aromatic heterocycles. The molecule has 1 atom stereocenters. The van der Waals surface area contributed by atoms with Gasteiger partial charge in [0.1, 0.15) is 11.5 Å². The summed E-state index contributed by atoms with van der Waals surface area (Å²) in [5.41, 5.74) is 1.36. The first-order valence-electron chi connectivity index (χ1n) is 8.25. The maximum Gasteiger partial charge on any atom is 0.303 e. The summed E-state index contributed by atoms with van der Waals surface area (Å²) in [6, 6.07) is 10.6. The van der Waals surface area contributed by atoms with Gasteiger partial charge in [0.2, 0.25) is 0 Å². The maximum atomic E-state index is 12.5. The first-order chi connectivity index (χ1) is 13.0. The number of ether oxygens (including phenoxy) is 3. The van der Waals surface area contributed by atoms with Crippen molar-refractivity contribution in [2.45, 2.75) is 13.0 Å². The van der Waals surface area contributed by atoms with E-state index in [1.807, 2.05) is 18.2 Å². The van der Waals surface area contributed by atoms with Gasteiger partial charge >= 0.3 is 5.97 Å². The molecule has 2 aromatic rings. The largest absolute Gasteiger partial charge is 0.496 e. The number of hydrogen-bond donors (Lipinski definition) is 0. The van der Waals surface area contributed by atoms with Crippen LogP contribution in [0.1, 0.15) is 44.9 Å². The van der Waals surface area contributed by atoms with Gasteiger partial charge in [-0.2, -0.15) is 0 Å². The highest BCUT2D eigenvalue weighted by Gasteiger charge is 2.33. The van der Waals surface area contributed by atoms with Crippen LogP contribution in [-0.2, 0) is 9.53 Å². The van der Waals surface area contributed by atoms with Crippen LogP contribution in [0.5, 0.6) is 11.5 Å². The molecule has 6 nitrogen and oxygen atoms in total. The monoisotopic (exact) mass is 366 g/mol. The molecular formula is C21H18O6. The van der Waals surface area contributed by atoms with E-state index in [4.69, 9.17) is 14.2 Å². The lowest BCUT2D eigenvalue weighted by Gasteiger charge is -2.25. The lowest BCUT2D eigenvalue weighted by Crippen LogP contribution is -2.19. The summed E-state index contributed by atoms with van der Waals surface area (Å²) in [6.45, 7) is 1.30. The molecular weight excluding hydrogens is 348 g/mol. The predicted octanol–water partition coefficient (Wildman–Crippen LogP) is 3.29. The van der Waals surface area contributed by atoms with Gasteiger partial charge in [0.25, 0.3) is 0 Å². The first-order valence-corrected chi connectivity index (χ1v) is 8.25. The summed E-state index contributed by atoms with van der Waals surface area (Å²) in [4.78, 5) is 36.6. The fourth-order valence-corrected chi connectivity index (χ4v) is 3.14. The minimum Gasteiger partial charge on any atom is -0.496 e. The lowest BCUT2D eigenvalue weighted by molar-refractivity contribution is -0.144. The van der Waals surface area contributed by atoms with Crippen LogP contribution in [0.2, 0.25) is 0 Å². The zero-order chi connectivity index (χ0) is 19.6. The van der Waals surface area contributed by atoms with Crippen molar-refractivity contribution in [3.8, 4) is 11.5 Å². The molecule has 2 aromatic carbocycles. The van der Waals surface area contributed by atoms with E-state index in [0.29, 0.717) is 11.1 Å². The van der Waals surface area contributed by atoms with Crippen LogP contribution in [0.15, 0.2) is 48.6 Å². The zero-order valence-corrected chi connectivity index (χ0v) is 15.1. The van der Waals surface area contributed by atoms with Gasteiger partial charge in [0.05, 0.1) is 25.3 Å². The third-order valence-corrected chi connectivity index (χ3v) is 4.24. The third-order valence-electron chi connectivity index (χ3n) is 4.24. The van der Waals surface area contributed by atoms with Gasteiger partial charge in [-0.1, -0.05) is 30.3 Å². The molecule has 138 valence electrons. The number of carbonyl (C=O) groups excluding carboxylic acids is 3. The molecule has 27 heavy (non-hydrogen) atoms. The van der Waals surface area contributed by atoms with Crippen LogP contribution in [0.4, 0.5) is 0 Å². The van der Waals surface area contributed by atoms with E-state index >= 15 is 0 Å². The van der Waals surface area contributed by atoms with Crippen molar-refractivity contribution in [2.75, 3.05) is 14.2 Å². The average Bonchev–Trinajstić information content (AvgIpc) is 2.68. The van der Waals surface area contributed by atoms with E-state index in [1.165, 1.54) is 33.3 Å². The van der Waals surface area contributed by atoms with Crippen LogP contribution >= 0.6 is 0 Å². The van der Waals surface area contributed by atoms with E-state index in [1.54, 1.807) is 18.2 Å². The second-order valence-electron chi connectivity index (χ2n) is 5.91. The molecule has 0 heterocycles. The van der Waals surface area contributed by atoms with Crippen LogP contribution in [0.3, 0.4) is 0 Å². The fourth-order valence-electron chi connectivity index (χ4n) is 3.14. The van der Waals surface area contributed by atoms with Gasteiger partial charge in [0, 0.05) is 12.5 Å². The third kappa shape index (κ3) is 3.33. The minimum atomic E-state index is -0.827. The standard InChI is InChI=1S/C21H18O6/c1-12(22)27-20(13-7-5-4-6-8-13)14-11-17(25-2)18-15(23)9-10-16(24)19(18)21(14)26-3/h4-11,20H,1-3H3. The SMILES string of the molecule is COc1cc(C(OC(C)=O)c2ccccc2)c(OC)c2c1C(=O)C=CC2=O.